The topological polar surface area (TPSA) is 108 Å². The first kappa shape index (κ1) is 17.7. The molecule has 0 aliphatic carbocycles. The summed E-state index contributed by atoms with van der Waals surface area (Å²) in [5.41, 5.74) is 0. The smallest absolute Gasteiger partial charge is 0.303 e. The Kier molecular flexibility index (Phi) is 6.38. The van der Waals surface area contributed by atoms with Crippen LogP contribution in [0.1, 0.15) is 20.8 Å². The second-order valence-corrected chi connectivity index (χ2v) is 4.96. The SMILES string of the molecule is CC(=O)OC[C@H]1O[C@H](O)[C@H](Cl)[C@@H](OC(C)=O)[C@@H]1OC(C)=O. The molecule has 1 saturated heterocycles. The van der Waals surface area contributed by atoms with Gasteiger partial charge in [0.15, 0.2) is 18.5 Å². The van der Waals surface area contributed by atoms with Crippen molar-refractivity contribution in [2.24, 2.45) is 0 Å². The van der Waals surface area contributed by atoms with Gasteiger partial charge < -0.3 is 24.1 Å². The highest BCUT2D eigenvalue weighted by Gasteiger charge is 2.49. The second-order valence-electron chi connectivity index (χ2n) is 4.46. The molecule has 120 valence electrons. The van der Waals surface area contributed by atoms with E-state index in [1.165, 1.54) is 6.92 Å². The zero-order valence-electron chi connectivity index (χ0n) is 11.8. The molecule has 1 aliphatic rings. The van der Waals surface area contributed by atoms with E-state index in [1.54, 1.807) is 0 Å². The van der Waals surface area contributed by atoms with Crippen molar-refractivity contribution in [3.8, 4) is 0 Å². The molecule has 9 heteroatoms. The predicted octanol–water partition coefficient (Wildman–Crippen LogP) is -0.263. The van der Waals surface area contributed by atoms with Gasteiger partial charge in [0.2, 0.25) is 0 Å². The van der Waals surface area contributed by atoms with E-state index in [0.717, 1.165) is 13.8 Å². The highest BCUT2D eigenvalue weighted by Crippen LogP contribution is 2.29. The number of aliphatic hydroxyl groups is 1. The molecule has 1 aliphatic heterocycles. The Morgan fingerprint density at radius 2 is 1.57 bits per heavy atom. The molecule has 0 spiro atoms. The van der Waals surface area contributed by atoms with Crippen molar-refractivity contribution in [2.45, 2.75) is 50.8 Å². The molecule has 0 radical (unpaired) electrons. The summed E-state index contributed by atoms with van der Waals surface area (Å²) in [6.45, 7) is 3.21. The summed E-state index contributed by atoms with van der Waals surface area (Å²) < 4.78 is 20.0. The third-order valence-electron chi connectivity index (χ3n) is 2.65. The summed E-state index contributed by atoms with van der Waals surface area (Å²) in [4.78, 5) is 33.2. The summed E-state index contributed by atoms with van der Waals surface area (Å²) in [7, 11) is 0. The highest BCUT2D eigenvalue weighted by molar-refractivity contribution is 6.21. The number of halogens is 1. The van der Waals surface area contributed by atoms with E-state index in [-0.39, 0.29) is 6.61 Å². The largest absolute Gasteiger partial charge is 0.463 e. The molecule has 5 atom stereocenters. The lowest BCUT2D eigenvalue weighted by atomic mass is 10.0. The molecule has 1 fully saturated rings. The number of aliphatic hydroxyl groups excluding tert-OH is 1. The Labute approximate surface area is 126 Å². The fourth-order valence-corrected chi connectivity index (χ4v) is 2.13. The first-order chi connectivity index (χ1) is 9.72. The molecule has 0 saturated carbocycles. The van der Waals surface area contributed by atoms with E-state index >= 15 is 0 Å². The molecule has 1 N–H and O–H groups in total. The summed E-state index contributed by atoms with van der Waals surface area (Å²) in [5.74, 6) is -1.90. The molecule has 8 nitrogen and oxygen atoms in total. The fourth-order valence-electron chi connectivity index (χ4n) is 1.88. The van der Waals surface area contributed by atoms with Crippen LogP contribution in [-0.4, -0.2) is 59.6 Å². The first-order valence-corrected chi connectivity index (χ1v) is 6.61. The molecule has 0 aromatic heterocycles. The monoisotopic (exact) mass is 324 g/mol. The first-order valence-electron chi connectivity index (χ1n) is 6.17. The van der Waals surface area contributed by atoms with Gasteiger partial charge in [-0.1, -0.05) is 0 Å². The number of carbonyl (C=O) groups is 3. The average molecular weight is 325 g/mol. The maximum Gasteiger partial charge on any atom is 0.303 e. The van der Waals surface area contributed by atoms with Crippen molar-refractivity contribution in [1.82, 2.24) is 0 Å². The molecule has 1 heterocycles. The molecule has 0 aromatic carbocycles. The van der Waals surface area contributed by atoms with Gasteiger partial charge in [0.1, 0.15) is 18.1 Å². The van der Waals surface area contributed by atoms with E-state index in [0.29, 0.717) is 0 Å². The van der Waals surface area contributed by atoms with Crippen LogP contribution in [0.15, 0.2) is 0 Å². The third kappa shape index (κ3) is 5.14. The van der Waals surface area contributed by atoms with Crippen LogP contribution >= 0.6 is 11.6 Å². The molecule has 0 amide bonds. The summed E-state index contributed by atoms with van der Waals surface area (Å²) in [5, 5.41) is 8.59. The number of alkyl halides is 1. The number of ether oxygens (including phenoxy) is 4. The molecular weight excluding hydrogens is 308 g/mol. The van der Waals surface area contributed by atoms with Gasteiger partial charge in [-0.15, -0.1) is 11.6 Å². The van der Waals surface area contributed by atoms with E-state index in [9.17, 15) is 19.5 Å². The van der Waals surface area contributed by atoms with Gasteiger partial charge in [-0.05, 0) is 0 Å². The lowest BCUT2D eigenvalue weighted by Crippen LogP contribution is -2.59. The Hall–Kier alpha value is -1.38. The van der Waals surface area contributed by atoms with E-state index in [2.05, 4.69) is 0 Å². The van der Waals surface area contributed by atoms with Crippen LogP contribution in [0.25, 0.3) is 0 Å². The number of hydrogen-bond acceptors (Lipinski definition) is 8. The standard InChI is InChI=1S/C12H17ClO8/c1-5(14)18-4-8-10(19-6(2)15)11(20-7(3)16)9(13)12(17)21-8/h8-12,17H,4H2,1-3H3/t8-,9-,10-,11-,12+/m1/s1. The van der Waals surface area contributed by atoms with Gasteiger partial charge in [0.05, 0.1) is 0 Å². The van der Waals surface area contributed by atoms with Crippen LogP contribution in [0, 0.1) is 0 Å². The maximum atomic E-state index is 11.2. The maximum absolute atomic E-state index is 11.2. The van der Waals surface area contributed by atoms with E-state index in [4.69, 9.17) is 30.5 Å². The highest BCUT2D eigenvalue weighted by atomic mass is 35.5. The van der Waals surface area contributed by atoms with Crippen LogP contribution in [-0.2, 0) is 33.3 Å². The Bertz CT molecular complexity index is 412. The van der Waals surface area contributed by atoms with Crippen molar-refractivity contribution >= 4 is 29.5 Å². The number of esters is 3. The lowest BCUT2D eigenvalue weighted by Gasteiger charge is -2.41. The van der Waals surface area contributed by atoms with Crippen molar-refractivity contribution in [1.29, 1.82) is 0 Å². The molecule has 1 rings (SSSR count). The minimum absolute atomic E-state index is 0.286. The van der Waals surface area contributed by atoms with Crippen LogP contribution in [0.5, 0.6) is 0 Å². The van der Waals surface area contributed by atoms with E-state index in [1.807, 2.05) is 0 Å². The van der Waals surface area contributed by atoms with Gasteiger partial charge in [-0.3, -0.25) is 14.4 Å². The average Bonchev–Trinajstić information content (AvgIpc) is 2.35. The van der Waals surface area contributed by atoms with Crippen molar-refractivity contribution in [2.75, 3.05) is 6.61 Å². The predicted molar refractivity (Wildman–Crippen MR) is 68.3 cm³/mol. The molecule has 0 bridgehead atoms. The van der Waals surface area contributed by atoms with Gasteiger partial charge >= 0.3 is 17.9 Å². The zero-order valence-corrected chi connectivity index (χ0v) is 12.5. The second kappa shape index (κ2) is 7.58. The number of hydrogen-bond donors (Lipinski definition) is 1. The third-order valence-corrected chi connectivity index (χ3v) is 3.11. The van der Waals surface area contributed by atoms with Crippen LogP contribution < -0.4 is 0 Å². The molecule has 21 heavy (non-hydrogen) atoms. The Morgan fingerprint density at radius 3 is 2.05 bits per heavy atom. The molecular formula is C12H17ClO8. The Balaban J connectivity index is 2.94. The van der Waals surface area contributed by atoms with Crippen LogP contribution in [0.3, 0.4) is 0 Å². The van der Waals surface area contributed by atoms with Gasteiger partial charge in [-0.2, -0.15) is 0 Å². The summed E-state index contributed by atoms with van der Waals surface area (Å²) in [6, 6.07) is 0. The van der Waals surface area contributed by atoms with Crippen molar-refractivity contribution in [3.05, 3.63) is 0 Å². The zero-order chi connectivity index (χ0) is 16.2. The Morgan fingerprint density at radius 1 is 1.05 bits per heavy atom. The van der Waals surface area contributed by atoms with E-state index < -0.39 is 47.9 Å². The molecule has 0 aromatic rings. The van der Waals surface area contributed by atoms with Gasteiger partial charge in [0.25, 0.3) is 0 Å². The summed E-state index contributed by atoms with van der Waals surface area (Å²) >= 11 is 5.93. The minimum Gasteiger partial charge on any atom is -0.463 e. The van der Waals surface area contributed by atoms with Crippen molar-refractivity contribution in [3.63, 3.8) is 0 Å². The van der Waals surface area contributed by atoms with Crippen LogP contribution in [0.4, 0.5) is 0 Å². The molecule has 0 unspecified atom stereocenters. The van der Waals surface area contributed by atoms with Gasteiger partial charge in [-0.25, -0.2) is 0 Å². The minimum atomic E-state index is -1.47. The van der Waals surface area contributed by atoms with Crippen molar-refractivity contribution < 1.29 is 38.4 Å². The number of rotatable bonds is 4. The van der Waals surface area contributed by atoms with Crippen LogP contribution in [0.2, 0.25) is 0 Å². The summed E-state index contributed by atoms with van der Waals surface area (Å²) in [6.07, 6.45) is -4.70. The lowest BCUT2D eigenvalue weighted by molar-refractivity contribution is -0.250. The number of carbonyl (C=O) groups excluding carboxylic acids is 3. The fraction of sp³-hybridized carbons (Fsp3) is 0.750. The van der Waals surface area contributed by atoms with Gasteiger partial charge in [0, 0.05) is 20.8 Å². The normalized spacial score (nSPS) is 32.1. The quantitative estimate of drug-likeness (QED) is 0.428.